The highest BCUT2D eigenvalue weighted by atomic mass is 16.5. The maximum Gasteiger partial charge on any atom is 0.319 e. The van der Waals surface area contributed by atoms with Crippen molar-refractivity contribution < 1.29 is 19.0 Å². The molecule has 0 aliphatic carbocycles. The van der Waals surface area contributed by atoms with Gasteiger partial charge < -0.3 is 24.8 Å². The number of hydrogen-bond donors (Lipinski definition) is 2. The van der Waals surface area contributed by atoms with Crippen LogP contribution in [0.25, 0.3) is 0 Å². The second-order valence-electron chi connectivity index (χ2n) is 7.15. The van der Waals surface area contributed by atoms with Crippen LogP contribution in [0.5, 0.6) is 5.75 Å². The normalized spacial score (nSPS) is 16.2. The minimum absolute atomic E-state index is 0.207. The van der Waals surface area contributed by atoms with E-state index in [9.17, 15) is 4.79 Å². The van der Waals surface area contributed by atoms with Crippen LogP contribution in [0.2, 0.25) is 0 Å². The monoisotopic (exact) mass is 398 g/mol. The summed E-state index contributed by atoms with van der Waals surface area (Å²) in [5.74, 6) is 0.834. The van der Waals surface area contributed by atoms with Crippen LogP contribution in [0.1, 0.15) is 30.4 Å². The third kappa shape index (κ3) is 7.07. The number of methoxy groups -OCH3 is 1. The molecule has 2 amide bonds. The molecule has 1 saturated heterocycles. The molecular weight excluding hydrogens is 368 g/mol. The van der Waals surface area contributed by atoms with Crippen LogP contribution in [0.4, 0.5) is 10.5 Å². The van der Waals surface area contributed by atoms with E-state index in [0.717, 1.165) is 42.0 Å². The molecule has 1 aliphatic heterocycles. The van der Waals surface area contributed by atoms with Gasteiger partial charge in [0.2, 0.25) is 0 Å². The van der Waals surface area contributed by atoms with Crippen LogP contribution >= 0.6 is 0 Å². The highest BCUT2D eigenvalue weighted by Crippen LogP contribution is 2.17. The number of carbonyl (C=O) groups is 1. The van der Waals surface area contributed by atoms with Crippen LogP contribution in [-0.4, -0.2) is 39.0 Å². The molecule has 29 heavy (non-hydrogen) atoms. The molecule has 0 aromatic heterocycles. The average molecular weight is 399 g/mol. The highest BCUT2D eigenvalue weighted by Gasteiger charge is 2.13. The number of nitrogens with one attached hydrogen (secondary N) is 2. The number of ether oxygens (including phenoxy) is 3. The van der Waals surface area contributed by atoms with E-state index in [0.29, 0.717) is 26.2 Å². The molecule has 1 atom stereocenters. The number of anilines is 1. The maximum absolute atomic E-state index is 12.2. The lowest BCUT2D eigenvalue weighted by Crippen LogP contribution is -2.30. The molecule has 0 radical (unpaired) electrons. The summed E-state index contributed by atoms with van der Waals surface area (Å²) in [6.45, 7) is 2.47. The Morgan fingerprint density at radius 3 is 2.90 bits per heavy atom. The molecule has 2 aromatic carbocycles. The molecule has 1 unspecified atom stereocenters. The Morgan fingerprint density at radius 2 is 2.07 bits per heavy atom. The number of rotatable bonds is 9. The Bertz CT molecular complexity index is 775. The smallest absolute Gasteiger partial charge is 0.319 e. The van der Waals surface area contributed by atoms with E-state index in [4.69, 9.17) is 14.2 Å². The first-order valence-corrected chi connectivity index (χ1v) is 10.2. The van der Waals surface area contributed by atoms with Crippen molar-refractivity contribution in [1.29, 1.82) is 0 Å². The minimum atomic E-state index is -0.228. The maximum atomic E-state index is 12.2. The number of amides is 2. The molecule has 2 N–H and O–H groups in total. The van der Waals surface area contributed by atoms with Gasteiger partial charge in [-0.1, -0.05) is 30.3 Å². The van der Waals surface area contributed by atoms with Gasteiger partial charge in [0.1, 0.15) is 5.75 Å². The van der Waals surface area contributed by atoms with Crippen molar-refractivity contribution in [2.45, 2.75) is 38.4 Å². The van der Waals surface area contributed by atoms with Crippen LogP contribution in [0.3, 0.4) is 0 Å². The van der Waals surface area contributed by atoms with Crippen molar-refractivity contribution in [1.82, 2.24) is 5.32 Å². The van der Waals surface area contributed by atoms with Gasteiger partial charge in [-0.25, -0.2) is 4.79 Å². The van der Waals surface area contributed by atoms with Gasteiger partial charge in [-0.3, -0.25) is 0 Å². The van der Waals surface area contributed by atoms with Gasteiger partial charge in [0.25, 0.3) is 0 Å². The van der Waals surface area contributed by atoms with Crippen molar-refractivity contribution in [3.05, 3.63) is 59.7 Å². The highest BCUT2D eigenvalue weighted by molar-refractivity contribution is 5.89. The number of hydrogen-bond acceptors (Lipinski definition) is 4. The predicted molar refractivity (Wildman–Crippen MR) is 113 cm³/mol. The molecule has 1 heterocycles. The lowest BCUT2D eigenvalue weighted by molar-refractivity contribution is -0.0447. The van der Waals surface area contributed by atoms with Gasteiger partial charge >= 0.3 is 6.03 Å². The van der Waals surface area contributed by atoms with Crippen molar-refractivity contribution in [2.24, 2.45) is 0 Å². The van der Waals surface area contributed by atoms with E-state index in [-0.39, 0.29) is 12.1 Å². The van der Waals surface area contributed by atoms with Gasteiger partial charge in [0.15, 0.2) is 0 Å². The Kier molecular flexibility index (Phi) is 8.34. The molecule has 1 aliphatic rings. The fourth-order valence-electron chi connectivity index (χ4n) is 3.38. The summed E-state index contributed by atoms with van der Waals surface area (Å²) in [6.07, 6.45) is 4.33. The van der Waals surface area contributed by atoms with E-state index >= 15 is 0 Å². The van der Waals surface area contributed by atoms with Crippen molar-refractivity contribution >= 4 is 11.7 Å². The van der Waals surface area contributed by atoms with Crippen LogP contribution in [-0.2, 0) is 22.5 Å². The summed E-state index contributed by atoms with van der Waals surface area (Å²) >= 11 is 0. The molecule has 0 spiro atoms. The number of para-hydroxylation sites is 1. The molecule has 156 valence electrons. The zero-order valence-corrected chi connectivity index (χ0v) is 17.0. The van der Waals surface area contributed by atoms with E-state index in [1.54, 1.807) is 7.11 Å². The van der Waals surface area contributed by atoms with Crippen LogP contribution in [0, 0.1) is 0 Å². The van der Waals surface area contributed by atoms with E-state index in [2.05, 4.69) is 10.6 Å². The first-order valence-electron chi connectivity index (χ1n) is 10.2. The van der Waals surface area contributed by atoms with E-state index in [1.165, 1.54) is 6.42 Å². The van der Waals surface area contributed by atoms with Gasteiger partial charge in [-0.05, 0) is 55.0 Å². The molecule has 0 bridgehead atoms. The fourth-order valence-corrected chi connectivity index (χ4v) is 3.38. The average Bonchev–Trinajstić information content (AvgIpc) is 2.75. The molecule has 1 fully saturated rings. The molecule has 0 saturated carbocycles. The summed E-state index contributed by atoms with van der Waals surface area (Å²) in [5.41, 5.74) is 2.83. The van der Waals surface area contributed by atoms with E-state index in [1.807, 2.05) is 48.5 Å². The molecule has 2 aromatic rings. The summed E-state index contributed by atoms with van der Waals surface area (Å²) in [6, 6.07) is 15.3. The SMILES string of the molecule is COc1ccccc1CCNC(=O)Nc1cccc(COCC2CCCCO2)c1. The first kappa shape index (κ1) is 21.1. The fraction of sp³-hybridized carbons (Fsp3) is 0.435. The number of urea groups is 1. The van der Waals surface area contributed by atoms with E-state index < -0.39 is 0 Å². The summed E-state index contributed by atoms with van der Waals surface area (Å²) in [7, 11) is 1.65. The minimum Gasteiger partial charge on any atom is -0.496 e. The first-order chi connectivity index (χ1) is 14.2. The molecule has 6 heteroatoms. The predicted octanol–water partition coefficient (Wildman–Crippen LogP) is 4.15. The van der Waals surface area contributed by atoms with Gasteiger partial charge in [0.05, 0.1) is 26.4 Å². The largest absolute Gasteiger partial charge is 0.496 e. The topological polar surface area (TPSA) is 68.8 Å². The Labute approximate surface area is 172 Å². The van der Waals surface area contributed by atoms with Crippen LogP contribution in [0.15, 0.2) is 48.5 Å². The Balaban J connectivity index is 1.40. The Morgan fingerprint density at radius 1 is 1.17 bits per heavy atom. The standard InChI is InChI=1S/C23H30N2O4/c1-27-22-11-3-2-8-19(22)12-13-24-23(26)25-20-9-6-7-18(15-20)16-28-17-21-10-4-5-14-29-21/h2-3,6-9,11,15,21H,4-5,10,12-14,16-17H2,1H3,(H2,24,25,26). The second kappa shape index (κ2) is 11.4. The van der Waals surface area contributed by atoms with Gasteiger partial charge in [0, 0.05) is 18.8 Å². The third-order valence-corrected chi connectivity index (χ3v) is 4.90. The van der Waals surface area contributed by atoms with Crippen molar-refractivity contribution in [2.75, 3.05) is 32.2 Å². The van der Waals surface area contributed by atoms with Gasteiger partial charge in [-0.2, -0.15) is 0 Å². The molecular formula is C23H30N2O4. The third-order valence-electron chi connectivity index (χ3n) is 4.90. The second-order valence-corrected chi connectivity index (χ2v) is 7.15. The number of benzene rings is 2. The summed E-state index contributed by atoms with van der Waals surface area (Å²) in [5, 5.41) is 5.76. The van der Waals surface area contributed by atoms with Crippen molar-refractivity contribution in [3.8, 4) is 5.75 Å². The van der Waals surface area contributed by atoms with Crippen molar-refractivity contribution in [3.63, 3.8) is 0 Å². The van der Waals surface area contributed by atoms with Crippen LogP contribution < -0.4 is 15.4 Å². The molecule has 6 nitrogen and oxygen atoms in total. The zero-order valence-electron chi connectivity index (χ0n) is 17.0. The summed E-state index contributed by atoms with van der Waals surface area (Å²) < 4.78 is 16.8. The summed E-state index contributed by atoms with van der Waals surface area (Å²) in [4.78, 5) is 12.2. The molecule has 3 rings (SSSR count). The lowest BCUT2D eigenvalue weighted by Gasteiger charge is -2.22. The lowest BCUT2D eigenvalue weighted by atomic mass is 10.1. The van der Waals surface area contributed by atoms with Gasteiger partial charge in [-0.15, -0.1) is 0 Å². The Hall–Kier alpha value is -2.57. The quantitative estimate of drug-likeness (QED) is 0.666. The zero-order chi connectivity index (χ0) is 20.3. The number of carbonyl (C=O) groups excluding carboxylic acids is 1.